The van der Waals surface area contributed by atoms with Gasteiger partial charge in [0.25, 0.3) is 0 Å². The van der Waals surface area contributed by atoms with Gasteiger partial charge < -0.3 is 4.74 Å². The summed E-state index contributed by atoms with van der Waals surface area (Å²) in [6.45, 7) is 0. The highest BCUT2D eigenvalue weighted by atomic mass is 32.1. The molecule has 0 aromatic carbocycles. The molecule has 0 aromatic rings. The van der Waals surface area contributed by atoms with Crippen LogP contribution in [-0.2, 0) is 17.2 Å². The van der Waals surface area contributed by atoms with Gasteiger partial charge in [0, 0.05) is 12.4 Å². The maximum Gasteiger partial charge on any atom is 0.334 e. The monoisotopic (exact) mass is 136 g/mol. The van der Waals surface area contributed by atoms with E-state index < -0.39 is 0 Å². The van der Waals surface area contributed by atoms with Crippen molar-refractivity contribution in [1.82, 2.24) is 0 Å². The molecule has 0 radical (unpaired) electrons. The summed E-state index contributed by atoms with van der Waals surface area (Å²) in [5, 5.41) is 0. The van der Waals surface area contributed by atoms with E-state index in [9.17, 15) is 0 Å². The second kappa shape index (κ2) is 4.01. The summed E-state index contributed by atoms with van der Waals surface area (Å²) in [6, 6.07) is 0.110. The molecule has 0 N–H and O–H groups in total. The normalized spacial score (nSPS) is 10.9. The van der Waals surface area contributed by atoms with Crippen molar-refractivity contribution in [2.45, 2.75) is 0 Å². The highest BCUT2D eigenvalue weighted by molar-refractivity contribution is 7.79. The molecule has 0 atom stereocenters. The molecule has 0 aliphatic rings. The van der Waals surface area contributed by atoms with E-state index in [0.717, 1.165) is 0 Å². The number of methoxy groups -OCH3 is 1. The molecule has 0 heterocycles. The van der Waals surface area contributed by atoms with Crippen LogP contribution in [0.2, 0.25) is 0 Å². The Labute approximate surface area is 52.5 Å². The van der Waals surface area contributed by atoms with Crippen LogP contribution in [-0.4, -0.2) is 13.1 Å². The van der Waals surface area contributed by atoms with Gasteiger partial charge in [-0.05, 0) is 12.8 Å². The van der Waals surface area contributed by atoms with Gasteiger partial charge in [0.2, 0.25) is 0 Å². The minimum absolute atomic E-state index is 0.110. The first-order valence-electron chi connectivity index (χ1n) is 1.44. The molecule has 5 heteroatoms. The molecule has 0 amide bonds. The smallest absolute Gasteiger partial charge is 0.334 e. The molecule has 0 unspecified atom stereocenters. The van der Waals surface area contributed by atoms with Gasteiger partial charge >= 0.3 is 6.02 Å². The third-order valence-corrected chi connectivity index (χ3v) is 0.673. The van der Waals surface area contributed by atoms with E-state index in [2.05, 4.69) is 38.7 Å². The lowest BCUT2D eigenvalue weighted by molar-refractivity contribution is 0.400. The van der Waals surface area contributed by atoms with E-state index in [4.69, 9.17) is 0 Å². The van der Waals surface area contributed by atoms with Crippen LogP contribution < -0.4 is 0 Å². The Balaban J connectivity index is 3.60. The third kappa shape index (κ3) is 2.52. The van der Waals surface area contributed by atoms with Gasteiger partial charge in [0.05, 0.1) is 7.11 Å². The Morgan fingerprint density at radius 1 is 1.86 bits per heavy atom. The predicted octanol–water partition coefficient (Wildman–Crippen LogP) is 0.564. The molecule has 0 rings (SSSR count). The number of rotatable bonds is 0. The number of ether oxygens (including phenoxy) is 1. The molecule has 0 saturated heterocycles. The minimum Gasteiger partial charge on any atom is -0.466 e. The zero-order chi connectivity index (χ0) is 5.70. The molecule has 0 aromatic heterocycles. The van der Waals surface area contributed by atoms with Crippen molar-refractivity contribution in [2.24, 2.45) is 8.76 Å². The fourth-order valence-electron chi connectivity index (χ4n) is 0.0964. The van der Waals surface area contributed by atoms with Crippen molar-refractivity contribution in [2.75, 3.05) is 7.11 Å². The summed E-state index contributed by atoms with van der Waals surface area (Å²) in [7, 11) is 1.42. The summed E-state index contributed by atoms with van der Waals surface area (Å²) in [6.07, 6.45) is 0. The van der Waals surface area contributed by atoms with Crippen LogP contribution >= 0.6 is 12.8 Å². The molecular weight excluding hydrogens is 132 g/mol. The first-order valence-corrected chi connectivity index (χ1v) is 2.21. The molecule has 40 valence electrons. The van der Waals surface area contributed by atoms with E-state index in [0.29, 0.717) is 0 Å². The number of amidine groups is 1. The number of hydrogen-bond donors (Lipinski definition) is 1. The number of hydrogen-bond acceptors (Lipinski definition) is 4. The quantitative estimate of drug-likeness (QED) is 0.300. The second-order valence-electron chi connectivity index (χ2n) is 0.678. The van der Waals surface area contributed by atoms with Gasteiger partial charge in [-0.3, -0.25) is 0 Å². The van der Waals surface area contributed by atoms with Crippen LogP contribution in [0.5, 0.6) is 0 Å². The summed E-state index contributed by atoms with van der Waals surface area (Å²) >= 11 is 7.67. The highest BCUT2D eigenvalue weighted by Gasteiger charge is 1.84. The van der Waals surface area contributed by atoms with Crippen molar-refractivity contribution < 1.29 is 4.74 Å². The first-order chi connectivity index (χ1) is 3.35. The third-order valence-electron chi connectivity index (χ3n) is 0.346. The number of nitrogens with zero attached hydrogens (tertiary/aromatic N) is 2. The summed E-state index contributed by atoms with van der Waals surface area (Å²) in [5.41, 5.74) is 0. The van der Waals surface area contributed by atoms with Gasteiger partial charge in [-0.15, -0.1) is 4.36 Å². The zero-order valence-electron chi connectivity index (χ0n) is 3.66. The van der Waals surface area contributed by atoms with Gasteiger partial charge in [-0.25, -0.2) is 0 Å². The molecule has 0 aliphatic carbocycles. The SMILES string of the molecule is CO/C(N=S)=N/S. The van der Waals surface area contributed by atoms with E-state index in [1.54, 1.807) is 0 Å². The molecular formula is C2H4N2OS2. The van der Waals surface area contributed by atoms with Crippen molar-refractivity contribution in [1.29, 1.82) is 0 Å². The first kappa shape index (κ1) is 6.84. The summed E-state index contributed by atoms with van der Waals surface area (Å²) < 4.78 is 10.9. The van der Waals surface area contributed by atoms with Crippen molar-refractivity contribution in [3.05, 3.63) is 0 Å². The average molecular weight is 136 g/mol. The highest BCUT2D eigenvalue weighted by Crippen LogP contribution is 1.82. The molecule has 0 bridgehead atoms. The minimum atomic E-state index is 0.110. The number of thiol groups is 1. The van der Waals surface area contributed by atoms with E-state index in [-0.39, 0.29) is 6.02 Å². The van der Waals surface area contributed by atoms with E-state index in [1.807, 2.05) is 0 Å². The molecule has 7 heavy (non-hydrogen) atoms. The molecule has 0 aliphatic heterocycles. The van der Waals surface area contributed by atoms with Crippen molar-refractivity contribution >= 4 is 31.3 Å². The van der Waals surface area contributed by atoms with E-state index in [1.165, 1.54) is 7.11 Å². The van der Waals surface area contributed by atoms with Crippen LogP contribution in [0.4, 0.5) is 0 Å². The average Bonchev–Trinajstić information content (AvgIpc) is 1.72. The van der Waals surface area contributed by atoms with Crippen LogP contribution in [0, 0.1) is 0 Å². The van der Waals surface area contributed by atoms with Crippen molar-refractivity contribution in [3.63, 3.8) is 0 Å². The van der Waals surface area contributed by atoms with Crippen LogP contribution in [0.25, 0.3) is 0 Å². The Hall–Kier alpha value is -0.160. The Bertz CT molecular complexity index is 91.7. The Morgan fingerprint density at radius 3 is 2.43 bits per heavy atom. The second-order valence-corrected chi connectivity index (χ2v) is 1.06. The summed E-state index contributed by atoms with van der Waals surface area (Å²) in [5.74, 6) is 0. The lowest BCUT2D eigenvalue weighted by Gasteiger charge is -1.88. The lowest BCUT2D eigenvalue weighted by Crippen LogP contribution is -1.91. The fourth-order valence-corrected chi connectivity index (χ4v) is 0.399. The maximum absolute atomic E-state index is 4.45. The molecule has 0 saturated carbocycles. The summed E-state index contributed by atoms with van der Waals surface area (Å²) in [4.78, 5) is 0. The van der Waals surface area contributed by atoms with Gasteiger partial charge in [-0.1, -0.05) is 0 Å². The van der Waals surface area contributed by atoms with Gasteiger partial charge in [0.15, 0.2) is 0 Å². The Kier molecular flexibility index (Phi) is 3.92. The lowest BCUT2D eigenvalue weighted by atomic mass is 11.2. The largest absolute Gasteiger partial charge is 0.466 e. The predicted molar refractivity (Wildman–Crippen MR) is 33.2 cm³/mol. The van der Waals surface area contributed by atoms with Gasteiger partial charge in [-0.2, -0.15) is 4.40 Å². The standard InChI is InChI=1S/C2H4N2OS2/c1-5-2(3-6)4-7/h6H,1H3/b3-2+. The van der Waals surface area contributed by atoms with Crippen LogP contribution in [0.3, 0.4) is 0 Å². The maximum atomic E-state index is 4.45. The van der Waals surface area contributed by atoms with Crippen LogP contribution in [0.1, 0.15) is 0 Å². The topological polar surface area (TPSA) is 34.0 Å². The molecule has 3 nitrogen and oxygen atoms in total. The van der Waals surface area contributed by atoms with Gasteiger partial charge in [0.1, 0.15) is 0 Å². The Morgan fingerprint density at radius 2 is 2.43 bits per heavy atom. The van der Waals surface area contributed by atoms with Crippen LogP contribution in [0.15, 0.2) is 8.76 Å². The molecule has 0 fully saturated rings. The zero-order valence-corrected chi connectivity index (χ0v) is 5.37. The van der Waals surface area contributed by atoms with Crippen molar-refractivity contribution in [3.8, 4) is 0 Å². The van der Waals surface area contributed by atoms with E-state index >= 15 is 0 Å². The fraction of sp³-hybridized carbons (Fsp3) is 0.500. The molecule has 0 spiro atoms.